The summed E-state index contributed by atoms with van der Waals surface area (Å²) in [5.74, 6) is 0.263. The molecule has 7 nitrogen and oxygen atoms in total. The van der Waals surface area contributed by atoms with Gasteiger partial charge in [-0.3, -0.25) is 4.79 Å². The van der Waals surface area contributed by atoms with Gasteiger partial charge in [0, 0.05) is 17.3 Å². The third-order valence-electron chi connectivity index (χ3n) is 6.13. The molecule has 1 aromatic heterocycles. The minimum Gasteiger partial charge on any atom is -0.313 e. The van der Waals surface area contributed by atoms with E-state index in [1.54, 1.807) is 4.68 Å². The predicted molar refractivity (Wildman–Crippen MR) is 149 cm³/mol. The summed E-state index contributed by atoms with van der Waals surface area (Å²) in [6.07, 6.45) is 0. The molecule has 37 heavy (non-hydrogen) atoms. The minimum absolute atomic E-state index is 0.109. The van der Waals surface area contributed by atoms with E-state index in [9.17, 15) is 9.59 Å². The molecular weight excluding hydrogens is 462 g/mol. The molecule has 0 aliphatic heterocycles. The molecule has 190 valence electrons. The average molecular weight is 496 g/mol. The van der Waals surface area contributed by atoms with Crippen LogP contribution in [-0.4, -0.2) is 39.2 Å². The van der Waals surface area contributed by atoms with Gasteiger partial charge in [0.1, 0.15) is 12.4 Å². The van der Waals surface area contributed by atoms with Crippen molar-refractivity contribution < 1.29 is 9.59 Å². The van der Waals surface area contributed by atoms with Crippen LogP contribution in [0.3, 0.4) is 0 Å². The molecule has 4 rings (SSSR count). The van der Waals surface area contributed by atoms with Gasteiger partial charge in [0.05, 0.1) is 11.4 Å². The van der Waals surface area contributed by atoms with Gasteiger partial charge in [-0.25, -0.2) is 9.48 Å². The van der Waals surface area contributed by atoms with Crippen molar-refractivity contribution in [1.29, 1.82) is 0 Å². The van der Waals surface area contributed by atoms with E-state index in [1.165, 1.54) is 4.90 Å². The van der Waals surface area contributed by atoms with E-state index in [2.05, 4.69) is 10.6 Å². The number of benzene rings is 3. The number of anilines is 2. The summed E-state index contributed by atoms with van der Waals surface area (Å²) in [7, 11) is 0. The van der Waals surface area contributed by atoms with Crippen molar-refractivity contribution in [3.63, 3.8) is 0 Å². The summed E-state index contributed by atoms with van der Waals surface area (Å²) in [6.45, 7) is 9.59. The molecule has 0 fully saturated rings. The summed E-state index contributed by atoms with van der Waals surface area (Å²) in [6, 6.07) is 24.9. The molecule has 7 heteroatoms. The van der Waals surface area contributed by atoms with Crippen LogP contribution in [0.15, 0.2) is 78.9 Å². The topological polar surface area (TPSA) is 79.3 Å². The van der Waals surface area contributed by atoms with Crippen LogP contribution in [0.4, 0.5) is 16.3 Å². The number of nitrogens with one attached hydrogen (secondary N) is 2. The highest BCUT2D eigenvalue weighted by molar-refractivity contribution is 5.99. The van der Waals surface area contributed by atoms with Gasteiger partial charge in [-0.05, 0) is 70.0 Å². The first-order valence-electron chi connectivity index (χ1n) is 12.4. The van der Waals surface area contributed by atoms with Crippen molar-refractivity contribution in [2.75, 3.05) is 17.2 Å². The van der Waals surface area contributed by atoms with Crippen molar-refractivity contribution in [3.05, 3.63) is 95.7 Å². The zero-order valence-electron chi connectivity index (χ0n) is 21.9. The number of aryl methyl sites for hydroxylation is 3. The van der Waals surface area contributed by atoms with Crippen LogP contribution in [0.5, 0.6) is 0 Å². The maximum atomic E-state index is 13.4. The first-order chi connectivity index (χ1) is 17.7. The lowest BCUT2D eigenvalue weighted by Crippen LogP contribution is -2.44. The van der Waals surface area contributed by atoms with Gasteiger partial charge in [-0.2, -0.15) is 5.10 Å². The van der Waals surface area contributed by atoms with E-state index in [1.807, 2.05) is 113 Å². The van der Waals surface area contributed by atoms with Gasteiger partial charge < -0.3 is 15.5 Å². The Morgan fingerprint density at radius 2 is 1.57 bits per heavy atom. The third kappa shape index (κ3) is 6.06. The summed E-state index contributed by atoms with van der Waals surface area (Å²) in [4.78, 5) is 28.0. The van der Waals surface area contributed by atoms with Crippen LogP contribution in [0.2, 0.25) is 0 Å². The molecule has 0 unspecified atom stereocenters. The number of hydrogen-bond donors (Lipinski definition) is 2. The fourth-order valence-electron chi connectivity index (χ4n) is 4.20. The predicted octanol–water partition coefficient (Wildman–Crippen LogP) is 6.35. The molecule has 0 saturated carbocycles. The number of hydrogen-bond acceptors (Lipinski definition) is 3. The fourth-order valence-corrected chi connectivity index (χ4v) is 4.20. The van der Waals surface area contributed by atoms with Gasteiger partial charge in [0.2, 0.25) is 5.91 Å². The first kappa shape index (κ1) is 25.7. The molecule has 1 heterocycles. The maximum Gasteiger partial charge on any atom is 0.322 e. The maximum absolute atomic E-state index is 13.4. The van der Waals surface area contributed by atoms with E-state index < -0.39 is 0 Å². The van der Waals surface area contributed by atoms with Crippen LogP contribution in [-0.2, 0) is 4.79 Å². The van der Waals surface area contributed by atoms with Crippen molar-refractivity contribution in [2.24, 2.45) is 0 Å². The van der Waals surface area contributed by atoms with E-state index in [0.29, 0.717) is 11.5 Å². The number of aromatic nitrogens is 2. The minimum atomic E-state index is -0.331. The number of carbonyl (C=O) groups is 2. The number of nitrogens with zero attached hydrogens (tertiary/aromatic N) is 3. The Hall–Kier alpha value is -4.39. The SMILES string of the molecule is Cc1ccc(-n2nc(C)c(-c3ccccc3)c2NC(=O)CN(C(=O)Nc2cccc(C)c2)C(C)C)cc1. The van der Waals surface area contributed by atoms with E-state index in [0.717, 1.165) is 33.6 Å². The molecule has 3 amide bonds. The normalized spacial score (nSPS) is 10.9. The van der Waals surface area contributed by atoms with Gasteiger partial charge >= 0.3 is 6.03 Å². The van der Waals surface area contributed by atoms with Gasteiger partial charge in [-0.15, -0.1) is 0 Å². The quantitative estimate of drug-likeness (QED) is 0.314. The molecule has 0 radical (unpaired) electrons. The Bertz CT molecular complexity index is 1390. The Kier molecular flexibility index (Phi) is 7.72. The van der Waals surface area contributed by atoms with Crippen molar-refractivity contribution in [2.45, 2.75) is 40.7 Å². The molecular formula is C30H33N5O2. The summed E-state index contributed by atoms with van der Waals surface area (Å²) < 4.78 is 1.75. The van der Waals surface area contributed by atoms with E-state index >= 15 is 0 Å². The second-order valence-corrected chi connectivity index (χ2v) is 9.49. The molecule has 0 spiro atoms. The van der Waals surface area contributed by atoms with Crippen LogP contribution in [0, 0.1) is 20.8 Å². The molecule has 0 atom stereocenters. The molecule has 4 aromatic rings. The van der Waals surface area contributed by atoms with Gasteiger partial charge in [0.25, 0.3) is 0 Å². The Morgan fingerprint density at radius 1 is 0.865 bits per heavy atom. The summed E-state index contributed by atoms with van der Waals surface area (Å²) in [5, 5.41) is 10.7. The van der Waals surface area contributed by atoms with Crippen LogP contribution in [0.25, 0.3) is 16.8 Å². The van der Waals surface area contributed by atoms with Gasteiger partial charge in [0.15, 0.2) is 0 Å². The van der Waals surface area contributed by atoms with Crippen molar-refractivity contribution in [1.82, 2.24) is 14.7 Å². The lowest BCUT2D eigenvalue weighted by molar-refractivity contribution is -0.117. The van der Waals surface area contributed by atoms with Crippen LogP contribution in [0.1, 0.15) is 30.7 Å². The lowest BCUT2D eigenvalue weighted by Gasteiger charge is -2.26. The Labute approximate surface area is 218 Å². The second kappa shape index (κ2) is 11.1. The summed E-state index contributed by atoms with van der Waals surface area (Å²) in [5.41, 5.74) is 6.29. The number of amides is 3. The van der Waals surface area contributed by atoms with Crippen LogP contribution >= 0.6 is 0 Å². The van der Waals surface area contributed by atoms with E-state index in [4.69, 9.17) is 5.10 Å². The average Bonchev–Trinajstić information content (AvgIpc) is 3.18. The number of rotatable bonds is 7. The highest BCUT2D eigenvalue weighted by Crippen LogP contribution is 2.33. The number of urea groups is 1. The lowest BCUT2D eigenvalue weighted by atomic mass is 10.1. The van der Waals surface area contributed by atoms with Crippen molar-refractivity contribution in [3.8, 4) is 16.8 Å². The standard InChI is InChI=1S/C30H33N5O2/c1-20(2)34(30(37)31-25-13-9-10-22(4)18-25)19-27(36)32-29-28(24-11-7-6-8-12-24)23(5)33-35(29)26-16-14-21(3)15-17-26/h6-18,20H,19H2,1-5H3,(H,31,37)(H,32,36). The summed E-state index contributed by atoms with van der Waals surface area (Å²) >= 11 is 0. The highest BCUT2D eigenvalue weighted by Gasteiger charge is 2.24. The largest absolute Gasteiger partial charge is 0.322 e. The van der Waals surface area contributed by atoms with E-state index in [-0.39, 0.29) is 24.5 Å². The third-order valence-corrected chi connectivity index (χ3v) is 6.13. The second-order valence-electron chi connectivity index (χ2n) is 9.49. The van der Waals surface area contributed by atoms with Gasteiger partial charge in [-0.1, -0.05) is 60.2 Å². The number of carbonyl (C=O) groups excluding carboxylic acids is 2. The van der Waals surface area contributed by atoms with Crippen LogP contribution < -0.4 is 10.6 Å². The zero-order chi connectivity index (χ0) is 26.5. The van der Waals surface area contributed by atoms with Crippen molar-refractivity contribution >= 4 is 23.4 Å². The molecule has 0 aliphatic carbocycles. The highest BCUT2D eigenvalue weighted by atomic mass is 16.2. The first-order valence-corrected chi connectivity index (χ1v) is 12.4. The Morgan fingerprint density at radius 3 is 2.22 bits per heavy atom. The molecule has 2 N–H and O–H groups in total. The smallest absolute Gasteiger partial charge is 0.313 e. The molecule has 0 bridgehead atoms. The monoisotopic (exact) mass is 495 g/mol. The molecule has 0 saturated heterocycles. The molecule has 3 aromatic carbocycles. The Balaban J connectivity index is 1.63. The molecule has 0 aliphatic rings. The zero-order valence-corrected chi connectivity index (χ0v) is 21.9. The fraction of sp³-hybridized carbons (Fsp3) is 0.233.